The molecule has 1 N–H and O–H groups in total. The second kappa shape index (κ2) is 9.21. The van der Waals surface area contributed by atoms with Gasteiger partial charge in [-0.05, 0) is 62.1 Å². The number of hydrogen-bond acceptors (Lipinski definition) is 5. The molecular weight excluding hydrogens is 330 g/mol. The van der Waals surface area contributed by atoms with E-state index in [-0.39, 0.29) is 12.7 Å². The lowest BCUT2D eigenvalue weighted by Crippen LogP contribution is -2.39. The molecule has 3 rings (SSSR count). The van der Waals surface area contributed by atoms with E-state index in [4.69, 9.17) is 13.9 Å². The van der Waals surface area contributed by atoms with Gasteiger partial charge in [-0.2, -0.15) is 0 Å². The van der Waals surface area contributed by atoms with Gasteiger partial charge in [-0.3, -0.25) is 4.90 Å². The summed E-state index contributed by atoms with van der Waals surface area (Å²) in [6, 6.07) is 9.84. The molecule has 0 amide bonds. The molecule has 1 aromatic heterocycles. The van der Waals surface area contributed by atoms with Crippen LogP contribution in [0.5, 0.6) is 5.75 Å². The first-order valence-electron chi connectivity index (χ1n) is 9.34. The Bertz CT molecular complexity index is 665. The van der Waals surface area contributed by atoms with Gasteiger partial charge in [-0.25, -0.2) is 0 Å². The topological polar surface area (TPSA) is 55.1 Å². The van der Waals surface area contributed by atoms with Gasteiger partial charge in [0.1, 0.15) is 24.2 Å². The van der Waals surface area contributed by atoms with Crippen LogP contribution in [-0.4, -0.2) is 48.5 Å². The molecule has 5 nitrogen and oxygen atoms in total. The van der Waals surface area contributed by atoms with Crippen LogP contribution in [0.2, 0.25) is 0 Å². The van der Waals surface area contributed by atoms with Crippen LogP contribution in [0.1, 0.15) is 29.7 Å². The summed E-state index contributed by atoms with van der Waals surface area (Å²) in [6.07, 6.45) is 3.52. The van der Waals surface area contributed by atoms with Crippen molar-refractivity contribution in [2.24, 2.45) is 0 Å². The van der Waals surface area contributed by atoms with Gasteiger partial charge in [0.2, 0.25) is 0 Å². The molecule has 2 atom stereocenters. The smallest absolute Gasteiger partial charge is 0.119 e. The third kappa shape index (κ3) is 5.59. The maximum Gasteiger partial charge on any atom is 0.119 e. The van der Waals surface area contributed by atoms with Gasteiger partial charge in [-0.1, -0.05) is 6.07 Å². The summed E-state index contributed by atoms with van der Waals surface area (Å²) in [5, 5.41) is 10.5. The highest BCUT2D eigenvalue weighted by molar-refractivity contribution is 5.33. The number of rotatable bonds is 9. The van der Waals surface area contributed by atoms with E-state index in [0.29, 0.717) is 13.1 Å². The average Bonchev–Trinajstić information content (AvgIpc) is 3.30. The molecule has 0 spiro atoms. The summed E-state index contributed by atoms with van der Waals surface area (Å²) in [4.78, 5) is 2.18. The maximum atomic E-state index is 10.5. The summed E-state index contributed by atoms with van der Waals surface area (Å²) < 4.78 is 17.0. The Morgan fingerprint density at radius 2 is 2.15 bits per heavy atom. The fraction of sp³-hybridized carbons (Fsp3) is 0.524. The van der Waals surface area contributed by atoms with E-state index in [1.54, 1.807) is 6.26 Å². The van der Waals surface area contributed by atoms with Crippen LogP contribution < -0.4 is 4.74 Å². The van der Waals surface area contributed by atoms with Gasteiger partial charge in [0.05, 0.1) is 18.9 Å². The van der Waals surface area contributed by atoms with E-state index < -0.39 is 6.10 Å². The second-order valence-electron chi connectivity index (χ2n) is 7.12. The maximum absolute atomic E-state index is 10.5. The average molecular weight is 359 g/mol. The first-order chi connectivity index (χ1) is 12.6. The van der Waals surface area contributed by atoms with Gasteiger partial charge in [0.15, 0.2) is 0 Å². The van der Waals surface area contributed by atoms with Crippen molar-refractivity contribution < 1.29 is 19.0 Å². The van der Waals surface area contributed by atoms with Crippen LogP contribution >= 0.6 is 0 Å². The molecule has 0 saturated carbocycles. The Balaban J connectivity index is 1.53. The van der Waals surface area contributed by atoms with Crippen molar-refractivity contribution in [2.75, 3.05) is 26.3 Å². The SMILES string of the molecule is Cc1ccc(OCC(O)CN(Cc2ccco2)CC2CCCO2)cc1C. The number of benzene rings is 1. The molecular formula is C21H29NO4. The van der Waals surface area contributed by atoms with Crippen LogP contribution in [0.4, 0.5) is 0 Å². The number of hydrogen-bond donors (Lipinski definition) is 1. The molecule has 5 heteroatoms. The third-order valence-corrected chi connectivity index (χ3v) is 4.84. The minimum Gasteiger partial charge on any atom is -0.491 e. The summed E-state index contributed by atoms with van der Waals surface area (Å²) in [7, 11) is 0. The zero-order valence-corrected chi connectivity index (χ0v) is 15.7. The van der Waals surface area contributed by atoms with Crippen molar-refractivity contribution in [1.82, 2.24) is 4.90 Å². The second-order valence-corrected chi connectivity index (χ2v) is 7.12. The predicted molar refractivity (Wildman–Crippen MR) is 100 cm³/mol. The number of nitrogens with zero attached hydrogens (tertiary/aromatic N) is 1. The minimum atomic E-state index is -0.576. The molecule has 2 unspecified atom stereocenters. The monoisotopic (exact) mass is 359 g/mol. The van der Waals surface area contributed by atoms with Crippen molar-refractivity contribution in [3.05, 3.63) is 53.5 Å². The summed E-state index contributed by atoms with van der Waals surface area (Å²) >= 11 is 0. The number of furan rings is 1. The van der Waals surface area contributed by atoms with Crippen LogP contribution in [0.3, 0.4) is 0 Å². The molecule has 0 aliphatic carbocycles. The largest absolute Gasteiger partial charge is 0.491 e. The van der Waals surface area contributed by atoms with Crippen molar-refractivity contribution in [3.8, 4) is 5.75 Å². The van der Waals surface area contributed by atoms with Gasteiger partial charge in [-0.15, -0.1) is 0 Å². The van der Waals surface area contributed by atoms with Gasteiger partial charge >= 0.3 is 0 Å². The number of aliphatic hydroxyl groups is 1. The molecule has 0 bridgehead atoms. The van der Waals surface area contributed by atoms with Gasteiger partial charge < -0.3 is 19.0 Å². The number of aryl methyl sites for hydroxylation is 2. The zero-order chi connectivity index (χ0) is 18.4. The normalized spacial score (nSPS) is 18.4. The molecule has 1 saturated heterocycles. The molecule has 2 aromatic rings. The molecule has 2 heterocycles. The zero-order valence-electron chi connectivity index (χ0n) is 15.7. The minimum absolute atomic E-state index is 0.234. The van der Waals surface area contributed by atoms with Crippen LogP contribution in [0, 0.1) is 13.8 Å². The van der Waals surface area contributed by atoms with E-state index in [9.17, 15) is 5.11 Å². The van der Waals surface area contributed by atoms with E-state index in [2.05, 4.69) is 18.7 Å². The fourth-order valence-corrected chi connectivity index (χ4v) is 3.25. The molecule has 1 aliphatic heterocycles. The molecule has 1 aliphatic rings. The quantitative estimate of drug-likeness (QED) is 0.744. The van der Waals surface area contributed by atoms with Crippen molar-refractivity contribution >= 4 is 0 Å². The highest BCUT2D eigenvalue weighted by Crippen LogP contribution is 2.18. The van der Waals surface area contributed by atoms with Crippen LogP contribution in [0.25, 0.3) is 0 Å². The first kappa shape index (κ1) is 19.0. The Hall–Kier alpha value is -1.82. The molecule has 142 valence electrons. The lowest BCUT2D eigenvalue weighted by Gasteiger charge is -2.26. The lowest BCUT2D eigenvalue weighted by molar-refractivity contribution is 0.0290. The highest BCUT2D eigenvalue weighted by Gasteiger charge is 2.22. The van der Waals surface area contributed by atoms with E-state index in [1.807, 2.05) is 30.3 Å². The van der Waals surface area contributed by atoms with Crippen LogP contribution in [0.15, 0.2) is 41.0 Å². The molecule has 1 fully saturated rings. The van der Waals surface area contributed by atoms with Gasteiger partial charge in [0.25, 0.3) is 0 Å². The summed E-state index contributed by atoms with van der Waals surface area (Å²) in [5.41, 5.74) is 2.42. The molecule has 1 aromatic carbocycles. The first-order valence-corrected chi connectivity index (χ1v) is 9.34. The Morgan fingerprint density at radius 1 is 1.27 bits per heavy atom. The Morgan fingerprint density at radius 3 is 2.85 bits per heavy atom. The lowest BCUT2D eigenvalue weighted by atomic mass is 10.1. The summed E-state index contributed by atoms with van der Waals surface area (Å²) in [5.74, 6) is 1.69. The molecule has 0 radical (unpaired) electrons. The van der Waals surface area contributed by atoms with E-state index in [0.717, 1.165) is 37.5 Å². The van der Waals surface area contributed by atoms with Crippen molar-refractivity contribution in [2.45, 2.75) is 45.4 Å². The van der Waals surface area contributed by atoms with Gasteiger partial charge in [0, 0.05) is 19.7 Å². The van der Waals surface area contributed by atoms with Crippen molar-refractivity contribution in [1.29, 1.82) is 0 Å². The van der Waals surface area contributed by atoms with Crippen molar-refractivity contribution in [3.63, 3.8) is 0 Å². The third-order valence-electron chi connectivity index (χ3n) is 4.84. The standard InChI is InChI=1S/C21H29NO4/c1-16-7-8-19(11-17(16)2)26-15-18(23)12-22(13-20-5-3-9-24-20)14-21-6-4-10-25-21/h3,5,7-9,11,18,21,23H,4,6,10,12-15H2,1-2H3. The molecule has 26 heavy (non-hydrogen) atoms. The van der Waals surface area contributed by atoms with E-state index >= 15 is 0 Å². The number of ether oxygens (including phenoxy) is 2. The van der Waals surface area contributed by atoms with Crippen LogP contribution in [-0.2, 0) is 11.3 Å². The summed E-state index contributed by atoms with van der Waals surface area (Å²) in [6.45, 7) is 7.21. The van der Waals surface area contributed by atoms with E-state index in [1.165, 1.54) is 11.1 Å². The Kier molecular flexibility index (Phi) is 6.72. The fourth-order valence-electron chi connectivity index (χ4n) is 3.25. The number of aliphatic hydroxyl groups excluding tert-OH is 1. The predicted octanol–water partition coefficient (Wildman–Crippen LogP) is 3.32. The highest BCUT2D eigenvalue weighted by atomic mass is 16.5. The Labute approximate surface area is 155 Å².